The van der Waals surface area contributed by atoms with Crippen LogP contribution >= 0.6 is 11.6 Å². The summed E-state index contributed by atoms with van der Waals surface area (Å²) in [6.45, 7) is 13.7. The Balaban J connectivity index is 0.000000199. The van der Waals surface area contributed by atoms with Crippen molar-refractivity contribution in [3.63, 3.8) is 0 Å². The Hall–Kier alpha value is -2.08. The number of hydrogen-bond donors (Lipinski definition) is 0. The monoisotopic (exact) mass is 556 g/mol. The van der Waals surface area contributed by atoms with E-state index < -0.39 is 0 Å². The minimum absolute atomic E-state index is 0.194. The maximum Gasteiger partial charge on any atom is -0.172 e. The molecule has 0 N–H and O–H groups in total. The first-order valence-corrected chi connectivity index (χ1v) is 13.9. The Morgan fingerprint density at radius 3 is 1.49 bits per heavy atom. The summed E-state index contributed by atoms with van der Waals surface area (Å²) < 4.78 is 2.13. The molecule has 2 heteroatoms. The number of benzene rings is 3. The van der Waals surface area contributed by atoms with Crippen LogP contribution in [0.15, 0.2) is 97.1 Å². The fourth-order valence-electron chi connectivity index (χ4n) is 3.81. The van der Waals surface area contributed by atoms with Crippen LogP contribution in [0.4, 0.5) is 0 Å². The Morgan fingerprint density at radius 1 is 0.686 bits per heavy atom. The molecular weight excluding hydrogens is 523 g/mol. The van der Waals surface area contributed by atoms with Gasteiger partial charge in [-0.15, -0.1) is 39.7 Å². The van der Waals surface area contributed by atoms with Crippen molar-refractivity contribution < 1.29 is 24.2 Å². The zero-order valence-corrected chi connectivity index (χ0v) is 24.9. The molecule has 0 aliphatic rings. The van der Waals surface area contributed by atoms with Gasteiger partial charge in [-0.1, -0.05) is 76.9 Å². The maximum atomic E-state index is 5.66. The van der Waals surface area contributed by atoms with Crippen LogP contribution in [0.5, 0.6) is 0 Å². The number of rotatable bonds is 1. The second kappa shape index (κ2) is 11.8. The van der Waals surface area contributed by atoms with Crippen LogP contribution in [0, 0.1) is 0 Å². The standard InChI is InChI=1S/C21H25.C7H5Cl.C5H5.Zr/c1-20(2,3)16-9-7-14-11-15-8-10-17(21(4,5)6)13-19(15)18(14)12-16;1-6-2-4-7(8)5-3-6;1-2-4-5-3-1;/h7-13H,1-6H3;1-5H;1-5H;/q-1;;-1;+2. The normalized spacial score (nSPS) is 11.5. The molecule has 0 atom stereocenters. The molecule has 0 aliphatic heterocycles. The molecule has 0 saturated carbocycles. The third kappa shape index (κ3) is 7.70. The minimum Gasteiger partial charge on any atom is -0.214 e. The van der Waals surface area contributed by atoms with Gasteiger partial charge in [-0.2, -0.15) is 18.2 Å². The molecule has 0 bridgehead atoms. The maximum absolute atomic E-state index is 5.66. The van der Waals surface area contributed by atoms with E-state index in [-0.39, 0.29) is 10.8 Å². The quantitative estimate of drug-likeness (QED) is 0.180. The Kier molecular flexibility index (Phi) is 9.25. The second-order valence-electron chi connectivity index (χ2n) is 10.9. The van der Waals surface area contributed by atoms with Gasteiger partial charge >= 0.3 is 74.4 Å². The van der Waals surface area contributed by atoms with Crippen molar-refractivity contribution in [1.82, 2.24) is 0 Å². The van der Waals surface area contributed by atoms with Crippen LogP contribution in [0.1, 0.15) is 58.2 Å². The first-order chi connectivity index (χ1) is 16.5. The van der Waals surface area contributed by atoms with E-state index in [0.29, 0.717) is 0 Å². The van der Waals surface area contributed by atoms with Crippen molar-refractivity contribution in [3.05, 3.63) is 119 Å². The Labute approximate surface area is 231 Å². The van der Waals surface area contributed by atoms with E-state index in [4.69, 9.17) is 11.6 Å². The van der Waals surface area contributed by atoms with E-state index in [2.05, 4.69) is 87.7 Å². The largest absolute Gasteiger partial charge is 0.214 e. The third-order valence-corrected chi connectivity index (χ3v) is 7.10. The summed E-state index contributed by atoms with van der Waals surface area (Å²) in [6, 6.07) is 34.0. The molecule has 0 nitrogen and oxygen atoms in total. The second-order valence-corrected chi connectivity index (χ2v) is 12.1. The van der Waals surface area contributed by atoms with Gasteiger partial charge < -0.3 is 0 Å². The number of halogens is 1. The van der Waals surface area contributed by atoms with E-state index in [9.17, 15) is 0 Å². The Morgan fingerprint density at radius 2 is 1.14 bits per heavy atom. The SMILES string of the molecule is CC(C)(C)c1ccc2[cH-]c3ccc(C(C)(C)C)cc3c2c1.Clc1ccc([CH]=[Zr+2])cc1.c1cc[cH-]c1. The average molecular weight is 558 g/mol. The van der Waals surface area contributed by atoms with E-state index in [1.807, 2.05) is 54.6 Å². The van der Waals surface area contributed by atoms with Gasteiger partial charge in [0.05, 0.1) is 0 Å². The molecule has 0 fully saturated rings. The van der Waals surface area contributed by atoms with Crippen LogP contribution in [-0.2, 0) is 35.1 Å². The summed E-state index contributed by atoms with van der Waals surface area (Å²) in [7, 11) is 0. The van der Waals surface area contributed by atoms with Gasteiger partial charge in [0.15, 0.2) is 0 Å². The summed E-state index contributed by atoms with van der Waals surface area (Å²) in [4.78, 5) is 0. The molecule has 0 aliphatic carbocycles. The summed E-state index contributed by atoms with van der Waals surface area (Å²) in [5, 5.41) is 6.29. The fourth-order valence-corrected chi connectivity index (χ4v) is 4.41. The van der Waals surface area contributed by atoms with Crippen molar-refractivity contribution >= 4 is 36.9 Å². The summed E-state index contributed by atoms with van der Waals surface area (Å²) in [5.41, 5.74) is 4.45. The molecule has 0 saturated heterocycles. The minimum atomic E-state index is 0.194. The molecular formula is C33H35ClZr. The summed E-state index contributed by atoms with van der Waals surface area (Å²) in [5.74, 6) is 0. The molecule has 0 radical (unpaired) electrons. The molecule has 0 unspecified atom stereocenters. The van der Waals surface area contributed by atoms with E-state index in [1.165, 1.54) is 62.5 Å². The Bertz CT molecular complexity index is 1270. The zero-order chi connectivity index (χ0) is 25.6. The van der Waals surface area contributed by atoms with Crippen molar-refractivity contribution in [3.8, 4) is 0 Å². The van der Waals surface area contributed by atoms with Gasteiger partial charge in [0.25, 0.3) is 0 Å². The van der Waals surface area contributed by atoms with Crippen molar-refractivity contribution in [2.75, 3.05) is 0 Å². The molecule has 35 heavy (non-hydrogen) atoms. The van der Waals surface area contributed by atoms with Crippen LogP contribution < -0.4 is 0 Å². The molecule has 5 rings (SSSR count). The van der Waals surface area contributed by atoms with E-state index in [0.717, 1.165) is 5.02 Å². The van der Waals surface area contributed by atoms with Gasteiger partial charge in [-0.25, -0.2) is 12.1 Å². The topological polar surface area (TPSA) is 0 Å². The first-order valence-electron chi connectivity index (χ1n) is 12.1. The zero-order valence-electron chi connectivity index (χ0n) is 21.7. The molecule has 178 valence electrons. The predicted octanol–water partition coefficient (Wildman–Crippen LogP) is 9.75. The molecule has 0 spiro atoms. The average Bonchev–Trinajstić information content (AvgIpc) is 3.50. The van der Waals surface area contributed by atoms with Crippen LogP contribution in [0.25, 0.3) is 21.5 Å². The van der Waals surface area contributed by atoms with E-state index >= 15 is 0 Å². The van der Waals surface area contributed by atoms with Crippen LogP contribution in [-0.4, -0.2) is 3.71 Å². The smallest absolute Gasteiger partial charge is 0.172 e. The molecule has 5 aromatic rings. The predicted molar refractivity (Wildman–Crippen MR) is 153 cm³/mol. The molecule has 5 aromatic carbocycles. The van der Waals surface area contributed by atoms with Crippen LogP contribution in [0.3, 0.4) is 0 Å². The van der Waals surface area contributed by atoms with Gasteiger partial charge in [-0.3, -0.25) is 0 Å². The van der Waals surface area contributed by atoms with Gasteiger partial charge in [0.1, 0.15) is 0 Å². The fraction of sp³-hybridized carbons (Fsp3) is 0.242. The summed E-state index contributed by atoms with van der Waals surface area (Å²) >= 11 is 7.08. The molecule has 0 aromatic heterocycles. The van der Waals surface area contributed by atoms with Gasteiger partial charge in [0.2, 0.25) is 0 Å². The third-order valence-electron chi connectivity index (χ3n) is 6.03. The number of hydrogen-bond acceptors (Lipinski definition) is 0. The van der Waals surface area contributed by atoms with Crippen molar-refractivity contribution in [2.45, 2.75) is 52.4 Å². The molecule has 0 heterocycles. The van der Waals surface area contributed by atoms with Gasteiger partial charge in [0, 0.05) is 0 Å². The molecule has 0 amide bonds. The number of fused-ring (bicyclic) bond motifs is 3. The van der Waals surface area contributed by atoms with Crippen LogP contribution in [0.2, 0.25) is 5.02 Å². The summed E-state index contributed by atoms with van der Waals surface area (Å²) in [6.07, 6.45) is 0. The van der Waals surface area contributed by atoms with Crippen molar-refractivity contribution in [1.29, 1.82) is 0 Å². The van der Waals surface area contributed by atoms with Crippen molar-refractivity contribution in [2.24, 2.45) is 0 Å². The van der Waals surface area contributed by atoms with E-state index in [1.54, 1.807) is 0 Å². The first kappa shape index (κ1) is 27.5. The van der Waals surface area contributed by atoms with Gasteiger partial charge in [-0.05, 0) is 10.8 Å².